The molecule has 0 radical (unpaired) electrons. The average Bonchev–Trinajstić information content (AvgIpc) is 3.11. The molecule has 0 aliphatic carbocycles. The van der Waals surface area contributed by atoms with Crippen LogP contribution in [0, 0.1) is 15.9 Å². The number of benzene rings is 2. The molecule has 0 fully saturated rings. The predicted octanol–water partition coefficient (Wildman–Crippen LogP) is 3.89. The van der Waals surface area contributed by atoms with Gasteiger partial charge in [0.05, 0.1) is 17.1 Å². The highest BCUT2D eigenvalue weighted by atomic mass is 32.2. The van der Waals surface area contributed by atoms with Gasteiger partial charge in [-0.3, -0.25) is 10.1 Å². The Hall–Kier alpha value is -3.38. The van der Waals surface area contributed by atoms with Crippen molar-refractivity contribution < 1.29 is 36.8 Å². The summed E-state index contributed by atoms with van der Waals surface area (Å²) in [6, 6.07) is 7.07. The van der Waals surface area contributed by atoms with E-state index in [1.807, 2.05) is 0 Å². The average molecular weight is 481 g/mol. The molecule has 0 saturated heterocycles. The summed E-state index contributed by atoms with van der Waals surface area (Å²) in [7, 11) is -3.90. The topological polar surface area (TPSA) is 130 Å². The van der Waals surface area contributed by atoms with E-state index in [0.717, 1.165) is 35.8 Å². The number of nitrogens with zero attached hydrogens (tertiary/aromatic N) is 1. The number of hydrogen-bond donors (Lipinski definition) is 0. The lowest BCUT2D eigenvalue weighted by Crippen LogP contribution is -2.11. The smallest absolute Gasteiger partial charge is 0.348 e. The van der Waals surface area contributed by atoms with Gasteiger partial charge in [0.2, 0.25) is 0 Å². The van der Waals surface area contributed by atoms with Crippen LogP contribution < -0.4 is 0 Å². The number of hydrogen-bond acceptors (Lipinski definition) is 9. The molecule has 0 atom stereocenters. The molecule has 0 aliphatic heterocycles. The number of nitro groups is 1. The number of nitro benzene ring substituents is 1. The summed E-state index contributed by atoms with van der Waals surface area (Å²) in [5.74, 6) is -2.33. The quantitative estimate of drug-likeness (QED) is 0.282. The van der Waals surface area contributed by atoms with Crippen molar-refractivity contribution in [1.82, 2.24) is 0 Å². The number of ether oxygens (including phenoxy) is 2. The van der Waals surface area contributed by atoms with Gasteiger partial charge in [-0.25, -0.2) is 22.4 Å². The molecular formula is C20H16FNO8S2. The number of thiophene rings is 1. The monoisotopic (exact) mass is 481 g/mol. The van der Waals surface area contributed by atoms with E-state index in [2.05, 4.69) is 0 Å². The van der Waals surface area contributed by atoms with Gasteiger partial charge >= 0.3 is 11.9 Å². The van der Waals surface area contributed by atoms with Crippen LogP contribution in [0.25, 0.3) is 10.1 Å². The molecule has 168 valence electrons. The van der Waals surface area contributed by atoms with Gasteiger partial charge in [0.25, 0.3) is 5.69 Å². The van der Waals surface area contributed by atoms with Crippen molar-refractivity contribution in [3.05, 3.63) is 68.3 Å². The number of esters is 2. The normalized spacial score (nSPS) is 11.3. The lowest BCUT2D eigenvalue weighted by Gasteiger charge is -2.08. The molecule has 2 aromatic carbocycles. The molecule has 32 heavy (non-hydrogen) atoms. The fourth-order valence-corrected chi connectivity index (χ4v) is 4.93. The number of carbonyl (C=O) groups excluding carboxylic acids is 2. The summed E-state index contributed by atoms with van der Waals surface area (Å²) in [6.45, 7) is 1.19. The largest absolute Gasteiger partial charge is 0.462 e. The molecule has 0 aliphatic rings. The van der Waals surface area contributed by atoms with Crippen molar-refractivity contribution in [2.45, 2.75) is 18.4 Å². The molecular weight excluding hydrogens is 465 g/mol. The molecule has 9 nitrogen and oxygen atoms in total. The van der Waals surface area contributed by atoms with Crippen molar-refractivity contribution >= 4 is 48.9 Å². The Morgan fingerprint density at radius 2 is 1.88 bits per heavy atom. The van der Waals surface area contributed by atoms with Gasteiger partial charge < -0.3 is 9.47 Å². The first kappa shape index (κ1) is 23.3. The van der Waals surface area contributed by atoms with E-state index in [0.29, 0.717) is 4.70 Å². The van der Waals surface area contributed by atoms with Gasteiger partial charge in [-0.2, -0.15) is 0 Å². The fraction of sp³-hybridized carbons (Fsp3) is 0.200. The summed E-state index contributed by atoms with van der Waals surface area (Å²) in [6.07, 6.45) is 0.806. The highest BCUT2D eigenvalue weighted by Crippen LogP contribution is 2.34. The maximum Gasteiger partial charge on any atom is 0.348 e. The van der Waals surface area contributed by atoms with Gasteiger partial charge in [0, 0.05) is 28.0 Å². The summed E-state index contributed by atoms with van der Waals surface area (Å²) in [5.41, 5.74) is -0.944. The van der Waals surface area contributed by atoms with Crippen molar-refractivity contribution in [2.75, 3.05) is 12.9 Å². The van der Waals surface area contributed by atoms with Crippen LogP contribution in [0.15, 0.2) is 41.3 Å². The highest BCUT2D eigenvalue weighted by Gasteiger charge is 2.26. The van der Waals surface area contributed by atoms with E-state index in [1.54, 1.807) is 13.0 Å². The zero-order chi connectivity index (χ0) is 23.6. The van der Waals surface area contributed by atoms with E-state index in [1.165, 1.54) is 12.1 Å². The van der Waals surface area contributed by atoms with Crippen LogP contribution in [-0.4, -0.2) is 38.1 Å². The SMILES string of the molecule is CCOC(=O)c1sc2cccc(F)c2c1COC(=O)c1ccc(S(C)(=O)=O)c([N+](=O)[O-])c1. The number of rotatable bonds is 7. The Morgan fingerprint density at radius 3 is 2.50 bits per heavy atom. The van der Waals surface area contributed by atoms with Crippen molar-refractivity contribution in [1.29, 1.82) is 0 Å². The minimum Gasteiger partial charge on any atom is -0.462 e. The number of fused-ring (bicyclic) bond motifs is 1. The predicted molar refractivity (Wildman–Crippen MR) is 113 cm³/mol. The van der Waals surface area contributed by atoms with Crippen LogP contribution in [0.1, 0.15) is 32.5 Å². The summed E-state index contributed by atoms with van der Waals surface area (Å²) in [4.78, 5) is 34.7. The van der Waals surface area contributed by atoms with Gasteiger partial charge in [0.15, 0.2) is 9.84 Å². The van der Waals surface area contributed by atoms with Crippen LogP contribution in [-0.2, 0) is 25.9 Å². The molecule has 3 aromatic rings. The van der Waals surface area contributed by atoms with Crippen LogP contribution >= 0.6 is 11.3 Å². The first-order valence-corrected chi connectivity index (χ1v) is 11.8. The Balaban J connectivity index is 1.96. The Labute approximate surface area is 185 Å². The Kier molecular flexibility index (Phi) is 6.55. The standard InChI is InChI=1S/C20H16FNO8S2/c1-3-29-20(24)18-12(17-13(21)5-4-6-15(17)31-18)10-30-19(23)11-7-8-16(32(2,27)28)14(9-11)22(25)26/h4-9H,3,10H2,1-2H3. The minimum absolute atomic E-state index is 0.0677. The van der Waals surface area contributed by atoms with Crippen LogP contribution in [0.2, 0.25) is 0 Å². The van der Waals surface area contributed by atoms with E-state index >= 15 is 0 Å². The van der Waals surface area contributed by atoms with E-state index in [-0.39, 0.29) is 28.0 Å². The second-order valence-electron chi connectivity index (χ2n) is 6.53. The minimum atomic E-state index is -3.90. The maximum absolute atomic E-state index is 14.4. The van der Waals surface area contributed by atoms with Crippen LogP contribution in [0.4, 0.5) is 10.1 Å². The van der Waals surface area contributed by atoms with Gasteiger partial charge in [0.1, 0.15) is 22.2 Å². The third kappa shape index (κ3) is 4.60. The molecule has 0 saturated carbocycles. The molecule has 3 rings (SSSR count). The maximum atomic E-state index is 14.4. The molecule has 0 spiro atoms. The second kappa shape index (κ2) is 9.01. The lowest BCUT2D eigenvalue weighted by molar-refractivity contribution is -0.387. The van der Waals surface area contributed by atoms with Crippen LogP contribution in [0.3, 0.4) is 0 Å². The molecule has 1 heterocycles. The van der Waals surface area contributed by atoms with Gasteiger partial charge in [-0.05, 0) is 31.2 Å². The molecule has 0 N–H and O–H groups in total. The van der Waals surface area contributed by atoms with Gasteiger partial charge in [-0.1, -0.05) is 6.07 Å². The van der Waals surface area contributed by atoms with Gasteiger partial charge in [-0.15, -0.1) is 11.3 Å². The number of sulfone groups is 1. The zero-order valence-electron chi connectivity index (χ0n) is 16.8. The molecule has 0 unspecified atom stereocenters. The van der Waals surface area contributed by atoms with E-state index in [4.69, 9.17) is 9.47 Å². The zero-order valence-corrected chi connectivity index (χ0v) is 18.4. The summed E-state index contributed by atoms with van der Waals surface area (Å²) in [5, 5.41) is 11.4. The molecule has 0 bridgehead atoms. The number of halogens is 1. The third-order valence-electron chi connectivity index (χ3n) is 4.36. The van der Waals surface area contributed by atoms with Crippen molar-refractivity contribution in [3.8, 4) is 0 Å². The first-order chi connectivity index (χ1) is 15.0. The third-order valence-corrected chi connectivity index (χ3v) is 6.68. The molecule has 12 heteroatoms. The number of carbonyl (C=O) groups is 2. The van der Waals surface area contributed by atoms with Crippen molar-refractivity contribution in [2.24, 2.45) is 0 Å². The Morgan fingerprint density at radius 1 is 1.16 bits per heavy atom. The Bertz CT molecular complexity index is 1350. The first-order valence-electron chi connectivity index (χ1n) is 9.07. The van der Waals surface area contributed by atoms with Crippen LogP contribution in [0.5, 0.6) is 0 Å². The van der Waals surface area contributed by atoms with E-state index in [9.17, 15) is 32.5 Å². The lowest BCUT2D eigenvalue weighted by atomic mass is 10.1. The second-order valence-corrected chi connectivity index (χ2v) is 9.57. The van der Waals surface area contributed by atoms with E-state index < -0.39 is 49.7 Å². The molecule has 0 amide bonds. The highest BCUT2D eigenvalue weighted by molar-refractivity contribution is 7.90. The molecule has 1 aromatic heterocycles. The summed E-state index contributed by atoms with van der Waals surface area (Å²) < 4.78 is 48.5. The summed E-state index contributed by atoms with van der Waals surface area (Å²) >= 11 is 0.983. The fourth-order valence-electron chi connectivity index (χ4n) is 2.99. The van der Waals surface area contributed by atoms with Crippen molar-refractivity contribution in [3.63, 3.8) is 0 Å².